The quantitative estimate of drug-likeness (QED) is 0.757. The largest absolute Gasteiger partial charge is 0.294 e. The van der Waals surface area contributed by atoms with E-state index in [1.54, 1.807) is 29.5 Å². The van der Waals surface area contributed by atoms with E-state index in [2.05, 4.69) is 31.6 Å². The zero-order chi connectivity index (χ0) is 17.2. The minimum absolute atomic E-state index is 0.110. The van der Waals surface area contributed by atoms with E-state index in [-0.39, 0.29) is 6.04 Å². The molecule has 2 heterocycles. The molecule has 1 aromatic heterocycles. The molecule has 0 amide bonds. The van der Waals surface area contributed by atoms with Gasteiger partial charge in [0.1, 0.15) is 0 Å². The lowest BCUT2D eigenvalue weighted by Gasteiger charge is -2.26. The number of thiophene rings is 1. The first-order valence-corrected chi connectivity index (χ1v) is 11.2. The Labute approximate surface area is 156 Å². The van der Waals surface area contributed by atoms with E-state index in [1.807, 2.05) is 18.4 Å². The lowest BCUT2D eigenvalue weighted by Crippen LogP contribution is -2.36. The number of hydrogen-bond acceptors (Lipinski definition) is 4. The number of aryl methyl sites for hydroxylation is 1. The van der Waals surface area contributed by atoms with Gasteiger partial charge in [0.05, 0.1) is 10.9 Å². The summed E-state index contributed by atoms with van der Waals surface area (Å²) in [6, 6.07) is 9.33. The average molecular weight is 429 g/mol. The number of halogens is 1. The van der Waals surface area contributed by atoms with Crippen LogP contribution in [0.4, 0.5) is 0 Å². The zero-order valence-corrected chi connectivity index (χ0v) is 16.8. The average Bonchev–Trinajstić information content (AvgIpc) is 3.24. The lowest BCUT2D eigenvalue weighted by molar-refractivity contribution is 0.250. The molecular formula is C17H21BrN2O2S2. The van der Waals surface area contributed by atoms with Gasteiger partial charge in [-0.1, -0.05) is 22.0 Å². The van der Waals surface area contributed by atoms with Crippen LogP contribution in [-0.2, 0) is 10.0 Å². The molecule has 1 atom stereocenters. The molecule has 1 fully saturated rings. The summed E-state index contributed by atoms with van der Waals surface area (Å²) >= 11 is 5.09. The van der Waals surface area contributed by atoms with E-state index in [0.29, 0.717) is 11.4 Å². The molecule has 1 N–H and O–H groups in total. The lowest BCUT2D eigenvalue weighted by atomic mass is 10.2. The molecule has 130 valence electrons. The van der Waals surface area contributed by atoms with Crippen LogP contribution in [-0.4, -0.2) is 33.0 Å². The molecule has 4 nitrogen and oxygen atoms in total. The molecule has 0 spiro atoms. The number of sulfonamides is 1. The van der Waals surface area contributed by atoms with Crippen LogP contribution in [0.2, 0.25) is 0 Å². The normalized spacial score (nSPS) is 17.2. The smallest absolute Gasteiger partial charge is 0.240 e. The highest BCUT2D eigenvalue weighted by molar-refractivity contribution is 9.10. The molecule has 7 heteroatoms. The highest BCUT2D eigenvalue weighted by Gasteiger charge is 2.26. The Morgan fingerprint density at radius 3 is 2.67 bits per heavy atom. The second kappa shape index (κ2) is 7.66. The zero-order valence-electron chi connectivity index (χ0n) is 13.5. The Hall–Kier alpha value is -0.730. The van der Waals surface area contributed by atoms with Gasteiger partial charge in [0.2, 0.25) is 10.0 Å². The molecule has 0 bridgehead atoms. The molecule has 24 heavy (non-hydrogen) atoms. The highest BCUT2D eigenvalue weighted by Crippen LogP contribution is 2.28. The summed E-state index contributed by atoms with van der Waals surface area (Å²) < 4.78 is 29.0. The Balaban J connectivity index is 1.76. The minimum Gasteiger partial charge on any atom is -0.294 e. The molecule has 2 aromatic rings. The summed E-state index contributed by atoms with van der Waals surface area (Å²) in [5.74, 6) is 0. The van der Waals surface area contributed by atoms with Crippen LogP contribution < -0.4 is 4.72 Å². The molecule has 1 aromatic carbocycles. The first-order chi connectivity index (χ1) is 11.5. The van der Waals surface area contributed by atoms with Gasteiger partial charge in [-0.2, -0.15) is 0 Å². The molecule has 1 aliphatic heterocycles. The standard InChI is InChI=1S/C17H21BrN2O2S2/c1-13-11-14(6-7-15(13)18)24(21,22)19-12-16(17-5-4-10-23-17)20-8-2-3-9-20/h4-7,10-11,16,19H,2-3,8-9,12H2,1H3. The Morgan fingerprint density at radius 2 is 2.04 bits per heavy atom. The molecule has 0 aliphatic carbocycles. The third kappa shape index (κ3) is 4.08. The van der Waals surface area contributed by atoms with Crippen LogP contribution in [0.1, 0.15) is 29.3 Å². The number of nitrogens with zero attached hydrogens (tertiary/aromatic N) is 1. The van der Waals surface area contributed by atoms with Crippen molar-refractivity contribution in [3.63, 3.8) is 0 Å². The number of likely N-dealkylation sites (tertiary alicyclic amines) is 1. The summed E-state index contributed by atoms with van der Waals surface area (Å²) in [4.78, 5) is 3.91. The molecule has 0 radical (unpaired) electrons. The van der Waals surface area contributed by atoms with E-state index >= 15 is 0 Å². The Morgan fingerprint density at radius 1 is 1.29 bits per heavy atom. The van der Waals surface area contributed by atoms with Crippen molar-refractivity contribution < 1.29 is 8.42 Å². The minimum atomic E-state index is -3.51. The van der Waals surface area contributed by atoms with Crippen LogP contribution >= 0.6 is 27.3 Å². The maximum absolute atomic E-state index is 12.6. The highest BCUT2D eigenvalue weighted by atomic mass is 79.9. The van der Waals surface area contributed by atoms with Crippen LogP contribution in [0.5, 0.6) is 0 Å². The van der Waals surface area contributed by atoms with Crippen molar-refractivity contribution in [2.75, 3.05) is 19.6 Å². The van der Waals surface area contributed by atoms with Gasteiger partial charge in [-0.3, -0.25) is 4.90 Å². The van der Waals surface area contributed by atoms with Crippen molar-refractivity contribution in [1.29, 1.82) is 0 Å². The van der Waals surface area contributed by atoms with Gasteiger partial charge >= 0.3 is 0 Å². The number of nitrogens with one attached hydrogen (secondary N) is 1. The fourth-order valence-electron chi connectivity index (χ4n) is 3.00. The number of rotatable bonds is 6. The van der Waals surface area contributed by atoms with E-state index in [9.17, 15) is 8.42 Å². The summed E-state index contributed by atoms with van der Waals surface area (Å²) in [5.41, 5.74) is 0.909. The van der Waals surface area contributed by atoms with E-state index in [1.165, 1.54) is 17.7 Å². The Bertz CT molecular complexity index is 785. The van der Waals surface area contributed by atoms with E-state index < -0.39 is 10.0 Å². The van der Waals surface area contributed by atoms with Crippen LogP contribution in [0.15, 0.2) is 45.1 Å². The van der Waals surface area contributed by atoms with Crippen molar-refractivity contribution >= 4 is 37.3 Å². The van der Waals surface area contributed by atoms with Crippen LogP contribution in [0.3, 0.4) is 0 Å². The summed E-state index contributed by atoms with van der Waals surface area (Å²) in [6.07, 6.45) is 2.36. The van der Waals surface area contributed by atoms with Crippen molar-refractivity contribution in [2.45, 2.75) is 30.7 Å². The molecular weight excluding hydrogens is 408 g/mol. The van der Waals surface area contributed by atoms with Crippen LogP contribution in [0, 0.1) is 6.92 Å². The predicted octanol–water partition coefficient (Wildman–Crippen LogP) is 3.93. The Kier molecular flexibility index (Phi) is 5.77. The predicted molar refractivity (Wildman–Crippen MR) is 102 cm³/mol. The van der Waals surface area contributed by atoms with Gasteiger partial charge in [0.25, 0.3) is 0 Å². The molecule has 0 saturated carbocycles. The molecule has 1 aliphatic rings. The van der Waals surface area contributed by atoms with Crippen molar-refractivity contribution in [1.82, 2.24) is 9.62 Å². The summed E-state index contributed by atoms with van der Waals surface area (Å²) in [6.45, 7) is 4.35. The number of hydrogen-bond donors (Lipinski definition) is 1. The maximum atomic E-state index is 12.6. The number of benzene rings is 1. The van der Waals surface area contributed by atoms with E-state index in [4.69, 9.17) is 0 Å². The van der Waals surface area contributed by atoms with Gasteiger partial charge in [0.15, 0.2) is 0 Å². The first-order valence-electron chi connectivity index (χ1n) is 8.00. The van der Waals surface area contributed by atoms with Gasteiger partial charge in [-0.15, -0.1) is 11.3 Å². The van der Waals surface area contributed by atoms with Crippen molar-refractivity contribution in [2.24, 2.45) is 0 Å². The fraction of sp³-hybridized carbons (Fsp3) is 0.412. The second-order valence-electron chi connectivity index (χ2n) is 6.04. The monoisotopic (exact) mass is 428 g/mol. The first kappa shape index (κ1) is 18.1. The molecule has 3 rings (SSSR count). The maximum Gasteiger partial charge on any atom is 0.240 e. The van der Waals surface area contributed by atoms with E-state index in [0.717, 1.165) is 23.1 Å². The fourth-order valence-corrected chi connectivity index (χ4v) is 5.23. The molecule has 1 saturated heterocycles. The van der Waals surface area contributed by atoms with Gasteiger partial charge in [-0.05, 0) is 68.1 Å². The van der Waals surface area contributed by atoms with Gasteiger partial charge in [0, 0.05) is 15.9 Å². The second-order valence-corrected chi connectivity index (χ2v) is 9.64. The SMILES string of the molecule is Cc1cc(S(=O)(=O)NCC(c2cccs2)N2CCCC2)ccc1Br. The third-order valence-electron chi connectivity index (χ3n) is 4.36. The summed E-state index contributed by atoms with van der Waals surface area (Å²) in [7, 11) is -3.51. The topological polar surface area (TPSA) is 49.4 Å². The summed E-state index contributed by atoms with van der Waals surface area (Å²) in [5, 5.41) is 2.05. The van der Waals surface area contributed by atoms with Crippen molar-refractivity contribution in [3.05, 3.63) is 50.6 Å². The molecule has 1 unspecified atom stereocenters. The van der Waals surface area contributed by atoms with Gasteiger partial charge in [-0.25, -0.2) is 13.1 Å². The third-order valence-corrected chi connectivity index (χ3v) is 7.64. The van der Waals surface area contributed by atoms with Crippen LogP contribution in [0.25, 0.3) is 0 Å². The van der Waals surface area contributed by atoms with Gasteiger partial charge < -0.3 is 0 Å². The van der Waals surface area contributed by atoms with Crippen molar-refractivity contribution in [3.8, 4) is 0 Å².